The van der Waals surface area contributed by atoms with Crippen molar-refractivity contribution >= 4 is 23.6 Å². The number of methoxy groups -OCH3 is 1. The number of halogens is 3. The second-order valence-corrected chi connectivity index (χ2v) is 9.08. The average molecular weight is 531 g/mol. The fourth-order valence-corrected chi connectivity index (χ4v) is 4.74. The molecule has 1 heterocycles. The Balaban J connectivity index is 1.62. The molecule has 0 fully saturated rings. The Hall–Kier alpha value is -4.35. The van der Waals surface area contributed by atoms with E-state index in [0.717, 1.165) is 17.3 Å². The Morgan fingerprint density at radius 3 is 2.47 bits per heavy atom. The van der Waals surface area contributed by atoms with Crippen LogP contribution < -0.4 is 4.74 Å². The zero-order valence-electron chi connectivity index (χ0n) is 20.2. The van der Waals surface area contributed by atoms with Crippen LogP contribution in [0.25, 0.3) is 17.2 Å². The molecule has 0 unspecified atom stereocenters. The largest absolute Gasteiger partial charge is 0.496 e. The van der Waals surface area contributed by atoms with E-state index in [-0.39, 0.29) is 22.1 Å². The standard InChI is InChI=1S/C30H21F3N2O2S/c1-37-28-14-8-19(7-13-27(36)21-9-11-23(31)12-10-21)15-22(28)18-38-30-25(17-34)24(16-26(35-30)29(32)33)20-5-3-2-4-6-20/h2-16,29H,18H2,1H3/b13-7+. The molecule has 0 spiro atoms. The van der Waals surface area contributed by atoms with E-state index in [1.165, 1.54) is 43.5 Å². The summed E-state index contributed by atoms with van der Waals surface area (Å²) in [5.41, 5.74) is 2.63. The van der Waals surface area contributed by atoms with E-state index in [2.05, 4.69) is 11.1 Å². The fourth-order valence-electron chi connectivity index (χ4n) is 3.75. The summed E-state index contributed by atoms with van der Waals surface area (Å²) in [4.78, 5) is 16.5. The summed E-state index contributed by atoms with van der Waals surface area (Å²) >= 11 is 1.15. The van der Waals surface area contributed by atoms with Crippen LogP contribution in [0.3, 0.4) is 0 Å². The van der Waals surface area contributed by atoms with Crippen LogP contribution in [0, 0.1) is 17.1 Å². The molecule has 3 aromatic carbocycles. The molecule has 0 bridgehead atoms. The van der Waals surface area contributed by atoms with Crippen molar-refractivity contribution < 1.29 is 22.7 Å². The van der Waals surface area contributed by atoms with Gasteiger partial charge < -0.3 is 4.74 Å². The van der Waals surface area contributed by atoms with Crippen molar-refractivity contribution in [1.82, 2.24) is 4.98 Å². The van der Waals surface area contributed by atoms with Crippen molar-refractivity contribution in [3.63, 3.8) is 0 Å². The Kier molecular flexibility index (Phi) is 8.62. The van der Waals surface area contributed by atoms with Gasteiger partial charge in [-0.05, 0) is 59.7 Å². The Labute approximate surface area is 222 Å². The lowest BCUT2D eigenvalue weighted by atomic mass is 10.0. The van der Waals surface area contributed by atoms with Crippen LogP contribution >= 0.6 is 11.8 Å². The Morgan fingerprint density at radius 1 is 1.08 bits per heavy atom. The molecule has 0 N–H and O–H groups in total. The highest BCUT2D eigenvalue weighted by molar-refractivity contribution is 7.98. The summed E-state index contributed by atoms with van der Waals surface area (Å²) in [5, 5.41) is 10.1. The number of ether oxygens (including phenoxy) is 1. The molecule has 0 saturated heterocycles. The van der Waals surface area contributed by atoms with Crippen LogP contribution in [-0.4, -0.2) is 17.9 Å². The van der Waals surface area contributed by atoms with Gasteiger partial charge in [0, 0.05) is 22.4 Å². The Morgan fingerprint density at radius 2 is 1.82 bits per heavy atom. The van der Waals surface area contributed by atoms with Crippen molar-refractivity contribution in [2.24, 2.45) is 0 Å². The third kappa shape index (κ3) is 6.31. The molecule has 4 aromatic rings. The van der Waals surface area contributed by atoms with Gasteiger partial charge >= 0.3 is 0 Å². The number of carbonyl (C=O) groups is 1. The van der Waals surface area contributed by atoms with Crippen molar-refractivity contribution in [3.8, 4) is 22.9 Å². The van der Waals surface area contributed by atoms with E-state index in [1.807, 2.05) is 0 Å². The second-order valence-electron chi connectivity index (χ2n) is 8.12. The molecule has 1 aromatic heterocycles. The lowest BCUT2D eigenvalue weighted by Gasteiger charge is -2.13. The van der Waals surface area contributed by atoms with Crippen LogP contribution in [0.15, 0.2) is 90.0 Å². The lowest BCUT2D eigenvalue weighted by molar-refractivity contribution is 0.104. The minimum Gasteiger partial charge on any atom is -0.496 e. The first-order valence-corrected chi connectivity index (χ1v) is 12.4. The first-order chi connectivity index (χ1) is 18.4. The zero-order valence-corrected chi connectivity index (χ0v) is 21.0. The van der Waals surface area contributed by atoms with Gasteiger partial charge in [-0.2, -0.15) is 5.26 Å². The van der Waals surface area contributed by atoms with Gasteiger partial charge in [-0.3, -0.25) is 4.79 Å². The molecule has 0 atom stereocenters. The van der Waals surface area contributed by atoms with E-state index in [0.29, 0.717) is 28.0 Å². The zero-order chi connectivity index (χ0) is 27.1. The molecule has 0 radical (unpaired) electrons. The number of benzene rings is 3. The molecule has 0 aliphatic rings. The van der Waals surface area contributed by atoms with Crippen molar-refractivity contribution in [2.45, 2.75) is 17.2 Å². The second kappa shape index (κ2) is 12.3. The highest BCUT2D eigenvalue weighted by Crippen LogP contribution is 2.36. The molecule has 0 aliphatic carbocycles. The average Bonchev–Trinajstić information content (AvgIpc) is 2.95. The summed E-state index contributed by atoms with van der Waals surface area (Å²) in [7, 11) is 1.51. The summed E-state index contributed by atoms with van der Waals surface area (Å²) < 4.78 is 45.9. The summed E-state index contributed by atoms with van der Waals surface area (Å²) in [5.74, 6) is 0.134. The molecule has 0 amide bonds. The van der Waals surface area contributed by atoms with Crippen LogP contribution in [0.2, 0.25) is 0 Å². The monoisotopic (exact) mass is 530 g/mol. The van der Waals surface area contributed by atoms with Crippen molar-refractivity contribution in [2.75, 3.05) is 7.11 Å². The quantitative estimate of drug-likeness (QED) is 0.125. The van der Waals surface area contributed by atoms with Gasteiger partial charge in [0.05, 0.1) is 12.7 Å². The smallest absolute Gasteiger partial charge is 0.280 e. The molecule has 190 valence electrons. The number of ketones is 1. The van der Waals surface area contributed by atoms with Gasteiger partial charge in [0.15, 0.2) is 5.78 Å². The maximum atomic E-state index is 13.7. The van der Waals surface area contributed by atoms with E-state index in [4.69, 9.17) is 4.74 Å². The number of aromatic nitrogens is 1. The maximum Gasteiger partial charge on any atom is 0.280 e. The fraction of sp³-hybridized carbons (Fsp3) is 0.100. The predicted octanol–water partition coefficient (Wildman–Crippen LogP) is 7.89. The summed E-state index contributed by atoms with van der Waals surface area (Å²) in [6.45, 7) is 0. The highest BCUT2D eigenvalue weighted by atomic mass is 32.2. The van der Waals surface area contributed by atoms with E-state index >= 15 is 0 Å². The number of hydrogen-bond donors (Lipinski definition) is 0. The van der Waals surface area contributed by atoms with Crippen LogP contribution in [0.1, 0.15) is 39.2 Å². The number of thioether (sulfide) groups is 1. The number of pyridine rings is 1. The summed E-state index contributed by atoms with van der Waals surface area (Å²) in [6, 6.07) is 22.8. The number of hydrogen-bond acceptors (Lipinski definition) is 5. The third-order valence-corrected chi connectivity index (χ3v) is 6.68. The van der Waals surface area contributed by atoms with E-state index in [1.54, 1.807) is 54.6 Å². The van der Waals surface area contributed by atoms with E-state index in [9.17, 15) is 23.2 Å². The van der Waals surface area contributed by atoms with E-state index < -0.39 is 17.9 Å². The number of nitrogens with zero attached hydrogens (tertiary/aromatic N) is 2. The maximum absolute atomic E-state index is 13.7. The third-order valence-electron chi connectivity index (χ3n) is 5.65. The van der Waals surface area contributed by atoms with Crippen LogP contribution in [0.5, 0.6) is 5.75 Å². The number of nitriles is 1. The Bertz CT molecular complexity index is 1520. The first kappa shape index (κ1) is 26.7. The molecular formula is C30H21F3N2O2S. The van der Waals surface area contributed by atoms with Gasteiger partial charge in [0.1, 0.15) is 28.4 Å². The number of alkyl halides is 2. The lowest BCUT2D eigenvalue weighted by Crippen LogP contribution is -2.00. The van der Waals surface area contributed by atoms with Crippen molar-refractivity contribution in [3.05, 3.63) is 119 Å². The van der Waals surface area contributed by atoms with Gasteiger partial charge in [-0.15, -0.1) is 11.8 Å². The predicted molar refractivity (Wildman–Crippen MR) is 142 cm³/mol. The SMILES string of the molecule is COc1ccc(/C=C/C(=O)c2ccc(F)cc2)cc1CSc1nc(C(F)F)cc(-c2ccccc2)c1C#N. The molecule has 38 heavy (non-hydrogen) atoms. The number of carbonyl (C=O) groups excluding carboxylic acids is 1. The molecule has 4 rings (SSSR count). The van der Waals surface area contributed by atoms with Crippen LogP contribution in [0.4, 0.5) is 13.2 Å². The molecule has 0 aliphatic heterocycles. The highest BCUT2D eigenvalue weighted by Gasteiger charge is 2.19. The first-order valence-electron chi connectivity index (χ1n) is 11.5. The molecule has 0 saturated carbocycles. The van der Waals surface area contributed by atoms with Crippen molar-refractivity contribution in [1.29, 1.82) is 5.26 Å². The molecule has 4 nitrogen and oxygen atoms in total. The van der Waals surface area contributed by atoms with Gasteiger partial charge in [0.2, 0.25) is 0 Å². The minimum atomic E-state index is -2.80. The van der Waals surface area contributed by atoms with Gasteiger partial charge in [-0.25, -0.2) is 18.2 Å². The number of rotatable bonds is 9. The summed E-state index contributed by atoms with van der Waals surface area (Å²) in [6.07, 6.45) is 0.217. The normalized spacial score (nSPS) is 11.1. The van der Waals surface area contributed by atoms with Gasteiger partial charge in [-0.1, -0.05) is 42.5 Å². The molecular weight excluding hydrogens is 509 g/mol. The molecule has 8 heteroatoms. The van der Waals surface area contributed by atoms with Crippen LogP contribution in [-0.2, 0) is 5.75 Å². The minimum absolute atomic E-state index is 0.193. The van der Waals surface area contributed by atoms with Gasteiger partial charge in [0.25, 0.3) is 6.43 Å². The number of allylic oxidation sites excluding steroid dienone is 1. The topological polar surface area (TPSA) is 63.0 Å².